The van der Waals surface area contributed by atoms with Gasteiger partial charge in [-0.25, -0.2) is 9.38 Å². The predicted octanol–water partition coefficient (Wildman–Crippen LogP) is 4.70. The molecular formula is C24H28FN5O. The maximum Gasteiger partial charge on any atom is 0.260 e. The van der Waals surface area contributed by atoms with Crippen LogP contribution in [0.25, 0.3) is 0 Å². The van der Waals surface area contributed by atoms with E-state index in [2.05, 4.69) is 34.6 Å². The van der Waals surface area contributed by atoms with Gasteiger partial charge in [-0.2, -0.15) is 5.10 Å². The predicted molar refractivity (Wildman–Crippen MR) is 122 cm³/mol. The van der Waals surface area contributed by atoms with E-state index in [4.69, 9.17) is 0 Å². The molecule has 3 rings (SSSR count). The van der Waals surface area contributed by atoms with E-state index in [1.807, 2.05) is 42.1 Å². The maximum absolute atomic E-state index is 14.1. The number of rotatable bonds is 7. The topological polar surface area (TPSA) is 71.3 Å². The minimum atomic E-state index is -0.580. The second-order valence-electron chi connectivity index (χ2n) is 7.28. The van der Waals surface area contributed by atoms with Crippen LogP contribution in [0.1, 0.15) is 47.4 Å². The number of aliphatic imine (C=N–C) groups is 1. The first-order valence-corrected chi connectivity index (χ1v) is 10.5. The van der Waals surface area contributed by atoms with Gasteiger partial charge in [-0.05, 0) is 49.6 Å². The van der Waals surface area contributed by atoms with Crippen LogP contribution in [0, 0.1) is 12.7 Å². The van der Waals surface area contributed by atoms with Crippen molar-refractivity contribution in [2.24, 2.45) is 4.99 Å². The second-order valence-corrected chi connectivity index (χ2v) is 7.28. The average Bonchev–Trinajstić information content (AvgIpc) is 3.11. The molecule has 6 nitrogen and oxygen atoms in total. The van der Waals surface area contributed by atoms with Crippen LogP contribution in [0.3, 0.4) is 0 Å². The minimum Gasteiger partial charge on any atom is -0.326 e. The number of nitrogens with zero attached hydrogens (tertiary/aromatic N) is 3. The number of halogens is 1. The Morgan fingerprint density at radius 3 is 2.71 bits per heavy atom. The van der Waals surface area contributed by atoms with Crippen LogP contribution in [0.2, 0.25) is 0 Å². The zero-order valence-electron chi connectivity index (χ0n) is 18.2. The molecule has 0 spiro atoms. The number of amides is 1. The molecule has 0 fully saturated rings. The number of carbonyl (C=O) groups excluding carboxylic acids is 1. The van der Waals surface area contributed by atoms with Crippen molar-refractivity contribution in [2.75, 3.05) is 5.32 Å². The first-order chi connectivity index (χ1) is 15.0. The van der Waals surface area contributed by atoms with E-state index in [1.165, 1.54) is 12.1 Å². The van der Waals surface area contributed by atoms with Crippen molar-refractivity contribution < 1.29 is 9.18 Å². The zero-order chi connectivity index (χ0) is 22.2. The van der Waals surface area contributed by atoms with Gasteiger partial charge in [0.1, 0.15) is 5.82 Å². The van der Waals surface area contributed by atoms with Gasteiger partial charge in [0.2, 0.25) is 5.96 Å². The summed E-state index contributed by atoms with van der Waals surface area (Å²) in [7, 11) is 0. The van der Waals surface area contributed by atoms with Crippen LogP contribution in [-0.4, -0.2) is 21.6 Å². The summed E-state index contributed by atoms with van der Waals surface area (Å²) in [5, 5.41) is 10.4. The maximum atomic E-state index is 14.1. The Morgan fingerprint density at radius 1 is 1.16 bits per heavy atom. The number of anilines is 1. The van der Waals surface area contributed by atoms with Gasteiger partial charge in [0, 0.05) is 24.0 Å². The van der Waals surface area contributed by atoms with Crippen molar-refractivity contribution in [3.05, 3.63) is 82.9 Å². The van der Waals surface area contributed by atoms with Gasteiger partial charge >= 0.3 is 0 Å². The number of nitrogens with one attached hydrogen (secondary N) is 2. The Kier molecular flexibility index (Phi) is 7.54. The zero-order valence-corrected chi connectivity index (χ0v) is 18.2. The van der Waals surface area contributed by atoms with Crippen LogP contribution in [0.4, 0.5) is 10.1 Å². The Morgan fingerprint density at radius 2 is 1.97 bits per heavy atom. The first kappa shape index (κ1) is 22.2. The lowest BCUT2D eigenvalue weighted by atomic mass is 10.1. The highest BCUT2D eigenvalue weighted by Gasteiger charge is 2.14. The molecule has 7 heteroatoms. The lowest BCUT2D eigenvalue weighted by Crippen LogP contribution is -2.36. The van der Waals surface area contributed by atoms with Gasteiger partial charge in [-0.3, -0.25) is 14.8 Å². The highest BCUT2D eigenvalue weighted by molar-refractivity contribution is 6.10. The summed E-state index contributed by atoms with van der Waals surface area (Å²) in [4.78, 5) is 17.2. The molecule has 0 aliphatic heterocycles. The molecule has 31 heavy (non-hydrogen) atoms. The Hall–Kier alpha value is -3.48. The van der Waals surface area contributed by atoms with Crippen LogP contribution in [0.15, 0.2) is 59.7 Å². The second kappa shape index (κ2) is 10.5. The number of hydrogen-bond acceptors (Lipinski definition) is 3. The van der Waals surface area contributed by atoms with E-state index < -0.39 is 11.7 Å². The largest absolute Gasteiger partial charge is 0.326 e. The summed E-state index contributed by atoms with van der Waals surface area (Å²) in [6.07, 6.45) is 3.85. The number of aromatic nitrogens is 2. The molecule has 2 aromatic carbocycles. The SMILES string of the molecule is CCCn1cc(CN=C(NC(=O)c2ccccc2F)Nc2cccc(CC)c2)c(C)n1. The third-order valence-corrected chi connectivity index (χ3v) is 4.86. The first-order valence-electron chi connectivity index (χ1n) is 10.5. The summed E-state index contributed by atoms with van der Waals surface area (Å²) in [6.45, 7) is 7.28. The molecule has 162 valence electrons. The van der Waals surface area contributed by atoms with E-state index in [0.717, 1.165) is 41.9 Å². The van der Waals surface area contributed by atoms with Gasteiger partial charge in [0.25, 0.3) is 5.91 Å². The summed E-state index contributed by atoms with van der Waals surface area (Å²) in [5.74, 6) is -0.887. The Balaban J connectivity index is 1.85. The van der Waals surface area contributed by atoms with Crippen LogP contribution < -0.4 is 10.6 Å². The fraction of sp³-hybridized carbons (Fsp3) is 0.292. The van der Waals surface area contributed by atoms with Crippen LogP contribution in [0.5, 0.6) is 0 Å². The highest BCUT2D eigenvalue weighted by Crippen LogP contribution is 2.13. The van der Waals surface area contributed by atoms with Gasteiger partial charge in [-0.15, -0.1) is 0 Å². The molecule has 0 aliphatic carbocycles. The molecule has 1 heterocycles. The van der Waals surface area contributed by atoms with Crippen molar-refractivity contribution in [3.63, 3.8) is 0 Å². The Bertz CT molecular complexity index is 1070. The lowest BCUT2D eigenvalue weighted by molar-refractivity contribution is 0.0973. The van der Waals surface area contributed by atoms with E-state index in [1.54, 1.807) is 12.1 Å². The fourth-order valence-corrected chi connectivity index (χ4v) is 3.16. The Labute approximate surface area is 182 Å². The molecule has 3 aromatic rings. The summed E-state index contributed by atoms with van der Waals surface area (Å²) in [6, 6.07) is 13.7. The van der Waals surface area contributed by atoms with Crippen molar-refractivity contribution in [3.8, 4) is 0 Å². The van der Waals surface area contributed by atoms with Gasteiger partial charge in [-0.1, -0.05) is 38.1 Å². The molecule has 0 saturated carbocycles. The molecule has 1 aromatic heterocycles. The fourth-order valence-electron chi connectivity index (χ4n) is 3.16. The van der Waals surface area contributed by atoms with Gasteiger partial charge in [0.15, 0.2) is 0 Å². The molecule has 0 bridgehead atoms. The molecule has 0 radical (unpaired) electrons. The molecule has 0 saturated heterocycles. The van der Waals surface area contributed by atoms with Gasteiger partial charge < -0.3 is 5.32 Å². The van der Waals surface area contributed by atoms with E-state index >= 15 is 0 Å². The standard InChI is InChI=1S/C24H28FN5O/c1-4-13-30-16-19(17(3)29-30)15-26-24(27-20-10-8-9-18(5-2)14-20)28-23(31)21-11-6-7-12-22(21)25/h6-12,14,16H,4-5,13,15H2,1-3H3,(H2,26,27,28,31). The third-order valence-electron chi connectivity index (χ3n) is 4.86. The van der Waals surface area contributed by atoms with Crippen LogP contribution >= 0.6 is 0 Å². The normalized spacial score (nSPS) is 11.4. The lowest BCUT2D eigenvalue weighted by Gasteiger charge is -2.13. The third kappa shape index (κ3) is 6.01. The van der Waals surface area contributed by atoms with E-state index in [-0.39, 0.29) is 11.5 Å². The molecule has 2 N–H and O–H groups in total. The highest BCUT2D eigenvalue weighted by atomic mass is 19.1. The molecule has 0 unspecified atom stereocenters. The van der Waals surface area contributed by atoms with Gasteiger partial charge in [0.05, 0.1) is 17.8 Å². The molecule has 0 atom stereocenters. The van der Waals surface area contributed by atoms with E-state index in [9.17, 15) is 9.18 Å². The van der Waals surface area contributed by atoms with Crippen molar-refractivity contribution in [1.29, 1.82) is 0 Å². The number of benzene rings is 2. The minimum absolute atomic E-state index is 0.0359. The molecular weight excluding hydrogens is 393 g/mol. The molecule has 0 aliphatic rings. The number of carbonyl (C=O) groups is 1. The summed E-state index contributed by atoms with van der Waals surface area (Å²) in [5.41, 5.74) is 3.78. The summed E-state index contributed by atoms with van der Waals surface area (Å²) >= 11 is 0. The smallest absolute Gasteiger partial charge is 0.260 e. The number of hydrogen-bond donors (Lipinski definition) is 2. The van der Waals surface area contributed by atoms with E-state index in [0.29, 0.717) is 6.54 Å². The monoisotopic (exact) mass is 421 g/mol. The summed E-state index contributed by atoms with van der Waals surface area (Å²) < 4.78 is 16.0. The molecule has 1 amide bonds. The number of aryl methyl sites for hydroxylation is 3. The number of guanidine groups is 1. The van der Waals surface area contributed by atoms with Crippen molar-refractivity contribution >= 4 is 17.6 Å². The van der Waals surface area contributed by atoms with Crippen molar-refractivity contribution in [2.45, 2.75) is 46.7 Å². The average molecular weight is 422 g/mol. The quantitative estimate of drug-likeness (QED) is 0.429. The van der Waals surface area contributed by atoms with Crippen molar-refractivity contribution in [1.82, 2.24) is 15.1 Å². The van der Waals surface area contributed by atoms with Crippen LogP contribution in [-0.2, 0) is 19.5 Å².